The SMILES string of the molecule is CC(C)O[C@@H](C)C1CC(F)(F)CN1C. The van der Waals surface area contributed by atoms with E-state index in [0.717, 1.165) is 0 Å². The predicted molar refractivity (Wildman–Crippen MR) is 51.7 cm³/mol. The molecule has 0 bridgehead atoms. The summed E-state index contributed by atoms with van der Waals surface area (Å²) in [5.74, 6) is -2.55. The molecule has 1 heterocycles. The zero-order valence-electron chi connectivity index (χ0n) is 9.26. The summed E-state index contributed by atoms with van der Waals surface area (Å²) in [4.78, 5) is 1.69. The van der Waals surface area contributed by atoms with Crippen LogP contribution in [0.1, 0.15) is 27.2 Å². The third kappa shape index (κ3) is 2.89. The van der Waals surface area contributed by atoms with Crippen molar-refractivity contribution in [3.05, 3.63) is 0 Å². The number of halogens is 2. The van der Waals surface area contributed by atoms with Crippen LogP contribution in [0.25, 0.3) is 0 Å². The molecule has 2 nitrogen and oxygen atoms in total. The van der Waals surface area contributed by atoms with Gasteiger partial charge in [0.1, 0.15) is 0 Å². The normalized spacial score (nSPS) is 29.8. The van der Waals surface area contributed by atoms with Crippen LogP contribution < -0.4 is 0 Å². The number of likely N-dealkylation sites (tertiary alicyclic amines) is 1. The fourth-order valence-corrected chi connectivity index (χ4v) is 2.05. The van der Waals surface area contributed by atoms with Crippen LogP contribution in [0.4, 0.5) is 8.78 Å². The summed E-state index contributed by atoms with van der Waals surface area (Å²) in [5.41, 5.74) is 0. The van der Waals surface area contributed by atoms with Crippen molar-refractivity contribution in [3.63, 3.8) is 0 Å². The van der Waals surface area contributed by atoms with E-state index < -0.39 is 5.92 Å². The van der Waals surface area contributed by atoms with E-state index in [1.807, 2.05) is 20.8 Å². The van der Waals surface area contributed by atoms with Crippen LogP contribution in [0.5, 0.6) is 0 Å². The number of alkyl halides is 2. The Morgan fingerprint density at radius 1 is 1.36 bits per heavy atom. The Morgan fingerprint density at radius 3 is 2.29 bits per heavy atom. The number of ether oxygens (including phenoxy) is 1. The van der Waals surface area contributed by atoms with Crippen molar-refractivity contribution in [2.75, 3.05) is 13.6 Å². The first kappa shape index (κ1) is 11.9. The maximum Gasteiger partial charge on any atom is 0.262 e. The Morgan fingerprint density at radius 2 is 1.93 bits per heavy atom. The molecular weight excluding hydrogens is 188 g/mol. The molecule has 4 heteroatoms. The molecular formula is C10H19F2NO. The second-order valence-corrected chi connectivity index (χ2v) is 4.43. The van der Waals surface area contributed by atoms with Crippen LogP contribution in [0, 0.1) is 0 Å². The number of hydrogen-bond donors (Lipinski definition) is 0. The second-order valence-electron chi connectivity index (χ2n) is 4.43. The summed E-state index contributed by atoms with van der Waals surface area (Å²) in [6.45, 7) is 5.55. The average molecular weight is 207 g/mol. The molecule has 0 radical (unpaired) electrons. The van der Waals surface area contributed by atoms with Gasteiger partial charge in [-0.15, -0.1) is 0 Å². The van der Waals surface area contributed by atoms with Crippen molar-refractivity contribution >= 4 is 0 Å². The minimum atomic E-state index is -2.55. The molecule has 2 atom stereocenters. The van der Waals surface area contributed by atoms with Gasteiger partial charge >= 0.3 is 0 Å². The van der Waals surface area contributed by atoms with Gasteiger partial charge in [-0.25, -0.2) is 8.78 Å². The zero-order chi connectivity index (χ0) is 10.9. The Bertz CT molecular complexity index is 197. The fourth-order valence-electron chi connectivity index (χ4n) is 2.05. The minimum absolute atomic E-state index is 0.0859. The van der Waals surface area contributed by atoms with Crippen LogP contribution in [0.2, 0.25) is 0 Å². The summed E-state index contributed by atoms with van der Waals surface area (Å²) < 4.78 is 31.6. The molecule has 1 fully saturated rings. The molecule has 1 rings (SSSR count). The van der Waals surface area contributed by atoms with Crippen molar-refractivity contribution in [1.29, 1.82) is 0 Å². The average Bonchev–Trinajstić information content (AvgIpc) is 2.23. The lowest BCUT2D eigenvalue weighted by Gasteiger charge is -2.26. The third-order valence-corrected chi connectivity index (χ3v) is 2.58. The van der Waals surface area contributed by atoms with Gasteiger partial charge in [0, 0.05) is 12.5 Å². The molecule has 14 heavy (non-hydrogen) atoms. The van der Waals surface area contributed by atoms with Crippen molar-refractivity contribution in [2.45, 2.75) is 51.4 Å². The highest BCUT2D eigenvalue weighted by atomic mass is 19.3. The van der Waals surface area contributed by atoms with Gasteiger partial charge in [-0.3, -0.25) is 4.90 Å². The molecule has 0 aromatic carbocycles. The number of likely N-dealkylation sites (N-methyl/N-ethyl adjacent to an activating group) is 1. The maximum atomic E-state index is 13.0. The molecule has 0 aromatic rings. The second kappa shape index (κ2) is 4.11. The molecule has 1 aliphatic heterocycles. The van der Waals surface area contributed by atoms with Gasteiger partial charge < -0.3 is 4.74 Å². The molecule has 0 aliphatic carbocycles. The van der Waals surface area contributed by atoms with Crippen molar-refractivity contribution < 1.29 is 13.5 Å². The van der Waals surface area contributed by atoms with Gasteiger partial charge in [-0.1, -0.05) is 0 Å². The van der Waals surface area contributed by atoms with Crippen molar-refractivity contribution in [1.82, 2.24) is 4.90 Å². The maximum absolute atomic E-state index is 13.0. The van der Waals surface area contributed by atoms with Gasteiger partial charge in [-0.05, 0) is 27.8 Å². The molecule has 84 valence electrons. The molecule has 0 aromatic heterocycles. The smallest absolute Gasteiger partial charge is 0.262 e. The lowest BCUT2D eigenvalue weighted by molar-refractivity contribution is -0.0243. The summed E-state index contributed by atoms with van der Waals surface area (Å²) >= 11 is 0. The van der Waals surface area contributed by atoms with E-state index in [4.69, 9.17) is 4.74 Å². The first-order chi connectivity index (χ1) is 6.32. The first-order valence-electron chi connectivity index (χ1n) is 5.05. The van der Waals surface area contributed by atoms with Crippen LogP contribution in [-0.2, 0) is 4.74 Å². The van der Waals surface area contributed by atoms with Crippen LogP contribution in [0.3, 0.4) is 0 Å². The highest BCUT2D eigenvalue weighted by Gasteiger charge is 2.45. The topological polar surface area (TPSA) is 12.5 Å². The van der Waals surface area contributed by atoms with E-state index >= 15 is 0 Å². The van der Waals surface area contributed by atoms with Crippen LogP contribution in [-0.4, -0.2) is 42.7 Å². The quantitative estimate of drug-likeness (QED) is 0.703. The standard InChI is InChI=1S/C10H19F2NO/c1-7(2)14-8(3)9-5-10(11,12)6-13(9)4/h7-9H,5-6H2,1-4H3/t8-,9?/m0/s1. The van der Waals surface area contributed by atoms with E-state index in [9.17, 15) is 8.78 Å². The Balaban J connectivity index is 2.52. The zero-order valence-corrected chi connectivity index (χ0v) is 9.26. The summed E-state index contributed by atoms with van der Waals surface area (Å²) in [6, 6.07) is -0.160. The largest absolute Gasteiger partial charge is 0.374 e. The Kier molecular flexibility index (Phi) is 3.48. The molecule has 0 saturated carbocycles. The van der Waals surface area contributed by atoms with Gasteiger partial charge in [0.2, 0.25) is 0 Å². The number of rotatable bonds is 3. The lowest BCUT2D eigenvalue weighted by atomic mass is 10.1. The molecule has 0 spiro atoms. The predicted octanol–water partition coefficient (Wildman–Crippen LogP) is 2.14. The number of nitrogens with zero attached hydrogens (tertiary/aromatic N) is 1. The van der Waals surface area contributed by atoms with Crippen molar-refractivity contribution in [2.24, 2.45) is 0 Å². The lowest BCUT2D eigenvalue weighted by Crippen LogP contribution is -2.37. The van der Waals surface area contributed by atoms with Gasteiger partial charge in [-0.2, -0.15) is 0 Å². The Labute approximate surface area is 84.2 Å². The Hall–Kier alpha value is -0.220. The minimum Gasteiger partial charge on any atom is -0.374 e. The molecule has 1 aliphatic rings. The van der Waals surface area contributed by atoms with E-state index in [1.54, 1.807) is 11.9 Å². The number of hydrogen-bond acceptors (Lipinski definition) is 2. The van der Waals surface area contributed by atoms with E-state index in [0.29, 0.717) is 0 Å². The molecule has 1 unspecified atom stereocenters. The van der Waals surface area contributed by atoms with Crippen molar-refractivity contribution in [3.8, 4) is 0 Å². The van der Waals surface area contributed by atoms with Gasteiger partial charge in [0.15, 0.2) is 0 Å². The van der Waals surface area contributed by atoms with Crippen LogP contribution >= 0.6 is 0 Å². The molecule has 1 saturated heterocycles. The summed E-state index contributed by atoms with van der Waals surface area (Å²) in [7, 11) is 1.73. The fraction of sp³-hybridized carbons (Fsp3) is 1.00. The van der Waals surface area contributed by atoms with Gasteiger partial charge in [0.05, 0.1) is 18.8 Å². The first-order valence-corrected chi connectivity index (χ1v) is 5.05. The van der Waals surface area contributed by atoms with Crippen LogP contribution in [0.15, 0.2) is 0 Å². The van der Waals surface area contributed by atoms with E-state index in [-0.39, 0.29) is 31.2 Å². The highest BCUT2D eigenvalue weighted by Crippen LogP contribution is 2.33. The van der Waals surface area contributed by atoms with E-state index in [1.165, 1.54) is 0 Å². The van der Waals surface area contributed by atoms with E-state index in [2.05, 4.69) is 0 Å². The summed E-state index contributed by atoms with van der Waals surface area (Å²) in [6.07, 6.45) is -0.127. The monoisotopic (exact) mass is 207 g/mol. The molecule has 0 N–H and O–H groups in total. The van der Waals surface area contributed by atoms with Gasteiger partial charge in [0.25, 0.3) is 5.92 Å². The molecule has 0 amide bonds. The third-order valence-electron chi connectivity index (χ3n) is 2.58. The summed E-state index contributed by atoms with van der Waals surface area (Å²) in [5, 5.41) is 0. The highest BCUT2D eigenvalue weighted by molar-refractivity contribution is 4.91.